The molecular weight excluding hydrogens is 372 g/mol. The van der Waals surface area contributed by atoms with E-state index in [2.05, 4.69) is 11.6 Å². The Morgan fingerprint density at radius 3 is 2.46 bits per heavy atom. The number of rotatable bonds is 8. The highest BCUT2D eigenvalue weighted by Gasteiger charge is 2.24. The standard InChI is InChI=1S/C22H28N2O3S/c1-2-3-16-24(20-13-5-4-6-14-20)22(25)18-10-9-15-21(17-18)28(26,27)23-19-11-7-8-12-19/h4-6,9-10,13-15,17,19,23H,2-3,7-8,11-12,16H2,1H3. The second kappa shape index (κ2) is 9.34. The molecule has 0 atom stereocenters. The highest BCUT2D eigenvalue weighted by atomic mass is 32.2. The topological polar surface area (TPSA) is 66.5 Å². The lowest BCUT2D eigenvalue weighted by atomic mass is 10.1. The molecule has 1 aliphatic carbocycles. The molecule has 3 rings (SSSR count). The number of sulfonamides is 1. The molecule has 1 aliphatic rings. The molecule has 5 nitrogen and oxygen atoms in total. The summed E-state index contributed by atoms with van der Waals surface area (Å²) in [7, 11) is -3.63. The van der Waals surface area contributed by atoms with Crippen molar-refractivity contribution in [3.05, 3.63) is 60.2 Å². The van der Waals surface area contributed by atoms with Gasteiger partial charge in [-0.1, -0.05) is 50.5 Å². The number of para-hydroxylation sites is 1. The Morgan fingerprint density at radius 2 is 1.79 bits per heavy atom. The van der Waals surface area contributed by atoms with Gasteiger partial charge in [0.2, 0.25) is 10.0 Å². The summed E-state index contributed by atoms with van der Waals surface area (Å²) in [6.07, 6.45) is 5.69. The Labute approximate surface area is 167 Å². The molecule has 1 fully saturated rings. The minimum Gasteiger partial charge on any atom is -0.308 e. The predicted octanol–water partition coefficient (Wildman–Crippen LogP) is 4.35. The van der Waals surface area contributed by atoms with Crippen molar-refractivity contribution in [1.82, 2.24) is 4.72 Å². The Bertz CT molecular complexity index is 891. The van der Waals surface area contributed by atoms with Gasteiger partial charge in [-0.2, -0.15) is 0 Å². The zero-order chi connectivity index (χ0) is 20.0. The van der Waals surface area contributed by atoms with Crippen molar-refractivity contribution < 1.29 is 13.2 Å². The van der Waals surface area contributed by atoms with Crippen molar-refractivity contribution in [1.29, 1.82) is 0 Å². The van der Waals surface area contributed by atoms with E-state index in [0.29, 0.717) is 12.1 Å². The lowest BCUT2D eigenvalue weighted by Gasteiger charge is -2.23. The Balaban J connectivity index is 1.85. The van der Waals surface area contributed by atoms with Gasteiger partial charge in [0.05, 0.1) is 4.90 Å². The second-order valence-corrected chi connectivity index (χ2v) is 8.99. The molecule has 0 saturated heterocycles. The van der Waals surface area contributed by atoms with Gasteiger partial charge < -0.3 is 4.90 Å². The van der Waals surface area contributed by atoms with Crippen molar-refractivity contribution in [2.24, 2.45) is 0 Å². The van der Waals surface area contributed by atoms with Crippen LogP contribution in [0.4, 0.5) is 5.69 Å². The van der Waals surface area contributed by atoms with E-state index >= 15 is 0 Å². The van der Waals surface area contributed by atoms with Crippen LogP contribution in [0.25, 0.3) is 0 Å². The first-order chi connectivity index (χ1) is 13.5. The number of unbranched alkanes of at least 4 members (excludes halogenated alkanes) is 1. The Morgan fingerprint density at radius 1 is 1.07 bits per heavy atom. The normalized spacial score (nSPS) is 14.9. The number of amides is 1. The smallest absolute Gasteiger partial charge is 0.258 e. The molecule has 150 valence electrons. The molecule has 0 bridgehead atoms. The number of nitrogens with one attached hydrogen (secondary N) is 1. The Hall–Kier alpha value is -2.18. The minimum absolute atomic E-state index is 0.00488. The largest absolute Gasteiger partial charge is 0.308 e. The van der Waals surface area contributed by atoms with Crippen LogP contribution in [-0.4, -0.2) is 26.9 Å². The Kier molecular flexibility index (Phi) is 6.86. The van der Waals surface area contributed by atoms with Crippen LogP contribution in [0.3, 0.4) is 0 Å². The van der Waals surface area contributed by atoms with Gasteiger partial charge in [-0.25, -0.2) is 13.1 Å². The first-order valence-corrected chi connectivity index (χ1v) is 11.5. The molecule has 0 aliphatic heterocycles. The quantitative estimate of drug-likeness (QED) is 0.716. The molecule has 0 heterocycles. The van der Waals surface area contributed by atoms with Crippen LogP contribution in [0.1, 0.15) is 55.8 Å². The van der Waals surface area contributed by atoms with Gasteiger partial charge in [0.25, 0.3) is 5.91 Å². The maximum atomic E-state index is 13.2. The van der Waals surface area contributed by atoms with Crippen molar-refractivity contribution >= 4 is 21.6 Å². The van der Waals surface area contributed by atoms with E-state index in [1.54, 1.807) is 23.1 Å². The van der Waals surface area contributed by atoms with E-state index < -0.39 is 10.0 Å². The molecule has 0 spiro atoms. The molecule has 0 aromatic heterocycles. The van der Waals surface area contributed by atoms with Gasteiger partial charge in [-0.05, 0) is 49.6 Å². The number of hydrogen-bond acceptors (Lipinski definition) is 3. The summed E-state index contributed by atoms with van der Waals surface area (Å²) >= 11 is 0. The van der Waals surface area contributed by atoms with Gasteiger partial charge >= 0.3 is 0 Å². The fraction of sp³-hybridized carbons (Fsp3) is 0.409. The summed E-state index contributed by atoms with van der Waals surface area (Å²) in [5.74, 6) is -0.183. The zero-order valence-corrected chi connectivity index (χ0v) is 17.1. The summed E-state index contributed by atoms with van der Waals surface area (Å²) in [4.78, 5) is 15.1. The van der Waals surface area contributed by atoms with Crippen LogP contribution in [0.5, 0.6) is 0 Å². The zero-order valence-electron chi connectivity index (χ0n) is 16.3. The summed E-state index contributed by atoms with van der Waals surface area (Å²) in [5, 5.41) is 0. The van der Waals surface area contributed by atoms with Crippen LogP contribution in [0, 0.1) is 0 Å². The molecule has 1 amide bonds. The fourth-order valence-corrected chi connectivity index (χ4v) is 4.91. The highest BCUT2D eigenvalue weighted by molar-refractivity contribution is 7.89. The van der Waals surface area contributed by atoms with Gasteiger partial charge in [-0.3, -0.25) is 4.79 Å². The fourth-order valence-electron chi connectivity index (χ4n) is 3.56. The number of anilines is 1. The summed E-state index contributed by atoms with van der Waals surface area (Å²) in [5.41, 5.74) is 1.20. The van der Waals surface area contributed by atoms with Gasteiger partial charge in [0.15, 0.2) is 0 Å². The predicted molar refractivity (Wildman–Crippen MR) is 112 cm³/mol. The van der Waals surface area contributed by atoms with Crippen LogP contribution in [-0.2, 0) is 10.0 Å². The molecule has 2 aromatic rings. The van der Waals surface area contributed by atoms with Gasteiger partial charge in [0, 0.05) is 23.8 Å². The van der Waals surface area contributed by atoms with Gasteiger partial charge in [-0.15, -0.1) is 0 Å². The highest BCUT2D eigenvalue weighted by Crippen LogP contribution is 2.22. The van der Waals surface area contributed by atoms with Crippen molar-refractivity contribution in [3.63, 3.8) is 0 Å². The SMILES string of the molecule is CCCCN(C(=O)c1cccc(S(=O)(=O)NC2CCCC2)c1)c1ccccc1. The van der Waals surface area contributed by atoms with E-state index in [0.717, 1.165) is 44.2 Å². The molecule has 2 aromatic carbocycles. The van der Waals surface area contributed by atoms with Crippen molar-refractivity contribution in [2.45, 2.75) is 56.4 Å². The number of benzene rings is 2. The molecule has 0 unspecified atom stereocenters. The third kappa shape index (κ3) is 5.00. The van der Waals surface area contributed by atoms with Crippen LogP contribution in [0.2, 0.25) is 0 Å². The number of hydrogen-bond donors (Lipinski definition) is 1. The van der Waals surface area contributed by atoms with Crippen molar-refractivity contribution in [2.75, 3.05) is 11.4 Å². The van der Waals surface area contributed by atoms with Crippen LogP contribution < -0.4 is 9.62 Å². The van der Waals surface area contributed by atoms with Crippen LogP contribution >= 0.6 is 0 Å². The first-order valence-electron chi connectivity index (χ1n) is 10.0. The molecule has 1 saturated carbocycles. The van der Waals surface area contributed by atoms with E-state index in [9.17, 15) is 13.2 Å². The maximum absolute atomic E-state index is 13.2. The minimum atomic E-state index is -3.63. The molecule has 1 N–H and O–H groups in total. The average molecular weight is 401 g/mol. The molecular formula is C22H28N2O3S. The third-order valence-corrected chi connectivity index (χ3v) is 6.63. The number of nitrogens with zero attached hydrogens (tertiary/aromatic N) is 1. The monoisotopic (exact) mass is 400 g/mol. The van der Waals surface area contributed by atoms with Crippen molar-refractivity contribution in [3.8, 4) is 0 Å². The number of carbonyl (C=O) groups excluding carboxylic acids is 1. The van der Waals surface area contributed by atoms with E-state index in [4.69, 9.17) is 0 Å². The average Bonchev–Trinajstić information content (AvgIpc) is 3.21. The molecule has 0 radical (unpaired) electrons. The summed E-state index contributed by atoms with van der Waals surface area (Å²) in [6.45, 7) is 2.67. The summed E-state index contributed by atoms with van der Waals surface area (Å²) in [6, 6.07) is 15.9. The molecule has 28 heavy (non-hydrogen) atoms. The van der Waals surface area contributed by atoms with E-state index in [1.807, 2.05) is 30.3 Å². The first kappa shape index (κ1) is 20.6. The van der Waals surface area contributed by atoms with E-state index in [1.165, 1.54) is 6.07 Å². The number of carbonyl (C=O) groups is 1. The lowest BCUT2D eigenvalue weighted by Crippen LogP contribution is -2.34. The maximum Gasteiger partial charge on any atom is 0.258 e. The third-order valence-electron chi connectivity index (χ3n) is 5.12. The molecule has 6 heteroatoms. The second-order valence-electron chi connectivity index (χ2n) is 7.28. The lowest BCUT2D eigenvalue weighted by molar-refractivity contribution is 0.0986. The summed E-state index contributed by atoms with van der Waals surface area (Å²) < 4.78 is 28.3. The van der Waals surface area contributed by atoms with Crippen LogP contribution in [0.15, 0.2) is 59.5 Å². The van der Waals surface area contributed by atoms with Gasteiger partial charge in [0.1, 0.15) is 0 Å². The van der Waals surface area contributed by atoms with E-state index in [-0.39, 0.29) is 16.8 Å².